The van der Waals surface area contributed by atoms with Gasteiger partial charge in [-0.3, -0.25) is 9.48 Å². The maximum atomic E-state index is 13.2. The summed E-state index contributed by atoms with van der Waals surface area (Å²) in [7, 11) is 0.628. The minimum atomic E-state index is -1.22. The molecule has 0 aliphatic rings. The average Bonchev–Trinajstić information content (AvgIpc) is 3.32. The van der Waals surface area contributed by atoms with Crippen molar-refractivity contribution in [2.75, 3.05) is 12.9 Å². The molecule has 0 bridgehead atoms. The largest absolute Gasteiger partial charge is 0.612 e. The lowest BCUT2D eigenvalue weighted by atomic mass is 10.1. The fourth-order valence-corrected chi connectivity index (χ4v) is 5.28. The van der Waals surface area contributed by atoms with Crippen molar-refractivity contribution in [1.29, 1.82) is 0 Å². The third-order valence-corrected chi connectivity index (χ3v) is 8.54. The van der Waals surface area contributed by atoms with E-state index >= 15 is 0 Å². The number of carbonyl (C=O) groups is 1. The summed E-state index contributed by atoms with van der Waals surface area (Å²) in [6, 6.07) is 6.68. The summed E-state index contributed by atoms with van der Waals surface area (Å²) in [6.45, 7) is 13.7. The number of hydrogen-bond donors (Lipinski definition) is 1. The molecule has 37 heavy (non-hydrogen) atoms. The van der Waals surface area contributed by atoms with Gasteiger partial charge in [0.25, 0.3) is 5.91 Å². The van der Waals surface area contributed by atoms with Gasteiger partial charge in [-0.2, -0.15) is 5.10 Å². The lowest BCUT2D eigenvalue weighted by molar-refractivity contribution is 0.0886. The molecule has 0 saturated carbocycles. The van der Waals surface area contributed by atoms with Gasteiger partial charge in [-0.05, 0) is 50.1 Å². The molecule has 1 aromatic carbocycles. The van der Waals surface area contributed by atoms with Crippen LogP contribution in [0.4, 0.5) is 0 Å². The number of rotatable bonds is 8. The Morgan fingerprint density at radius 2 is 1.97 bits per heavy atom. The van der Waals surface area contributed by atoms with Crippen molar-refractivity contribution in [2.45, 2.75) is 63.6 Å². The van der Waals surface area contributed by atoms with Crippen molar-refractivity contribution in [3.05, 3.63) is 36.2 Å². The lowest BCUT2D eigenvalue weighted by Crippen LogP contribution is -2.40. The van der Waals surface area contributed by atoms with Gasteiger partial charge in [0.1, 0.15) is 29.9 Å². The van der Waals surface area contributed by atoms with Crippen LogP contribution in [0.3, 0.4) is 0 Å². The fraction of sp³-hybridized carbons (Fsp3) is 0.462. The van der Waals surface area contributed by atoms with E-state index in [2.05, 4.69) is 30.1 Å². The molecule has 198 valence electrons. The van der Waals surface area contributed by atoms with Crippen LogP contribution in [0.5, 0.6) is 0 Å². The summed E-state index contributed by atoms with van der Waals surface area (Å²) in [5.41, 5.74) is 3.18. The zero-order chi connectivity index (χ0) is 27.1. The third kappa shape index (κ3) is 6.23. The SMILES string of the molecule is Cn1nc(-c2cnc3c(n2)c(C(=O)NC(C)(C)C)cn3COCC[Si](C)(C)C)c2ccc([S+](C)[O-])cc21. The average molecular weight is 541 g/mol. The number of aryl methyl sites for hydroxylation is 1. The standard InChI is InChI=1S/C26H36N6O3SSi/c1-26(2,3)29-25(33)19-15-32(16-35-11-12-37(6,7)8)24-23(19)28-20(14-27-24)22-18-10-9-17(36(5)34)13-21(18)31(4)30-22/h9-10,13-15H,11-12,16H2,1-8H3,(H,29,33). The maximum absolute atomic E-state index is 13.2. The van der Waals surface area contributed by atoms with E-state index in [4.69, 9.17) is 14.7 Å². The first kappa shape index (κ1) is 27.3. The van der Waals surface area contributed by atoms with Crippen LogP contribution in [0.1, 0.15) is 31.1 Å². The molecule has 3 heterocycles. The Balaban J connectivity index is 1.77. The number of carbonyl (C=O) groups excluding carboxylic acids is 1. The summed E-state index contributed by atoms with van der Waals surface area (Å²) < 4.78 is 21.5. The summed E-state index contributed by atoms with van der Waals surface area (Å²) in [6.07, 6.45) is 5.10. The number of nitrogens with zero attached hydrogens (tertiary/aromatic N) is 5. The Morgan fingerprint density at radius 1 is 1.24 bits per heavy atom. The van der Waals surface area contributed by atoms with E-state index in [1.807, 2.05) is 50.6 Å². The van der Waals surface area contributed by atoms with Crippen LogP contribution in [0, 0.1) is 0 Å². The van der Waals surface area contributed by atoms with Crippen molar-refractivity contribution >= 4 is 47.2 Å². The van der Waals surface area contributed by atoms with Gasteiger partial charge in [0, 0.05) is 44.9 Å². The van der Waals surface area contributed by atoms with Crippen LogP contribution in [-0.4, -0.2) is 61.3 Å². The first-order chi connectivity index (χ1) is 17.2. The Bertz CT molecular complexity index is 1450. The minimum absolute atomic E-state index is 0.217. The van der Waals surface area contributed by atoms with Crippen molar-refractivity contribution in [2.24, 2.45) is 7.05 Å². The van der Waals surface area contributed by atoms with Crippen LogP contribution in [-0.2, 0) is 29.7 Å². The second kappa shape index (κ2) is 10.2. The molecule has 0 spiro atoms. The number of nitrogens with one attached hydrogen (secondary N) is 1. The molecular weight excluding hydrogens is 504 g/mol. The number of fused-ring (bicyclic) bond motifs is 2. The molecule has 1 atom stereocenters. The van der Waals surface area contributed by atoms with Gasteiger partial charge in [-0.25, -0.2) is 9.97 Å². The first-order valence-corrected chi connectivity index (χ1v) is 17.6. The molecule has 0 fully saturated rings. The second-order valence-corrected chi connectivity index (χ2v) is 18.6. The molecule has 1 amide bonds. The van der Waals surface area contributed by atoms with Crippen LogP contribution in [0.2, 0.25) is 25.7 Å². The van der Waals surface area contributed by atoms with Gasteiger partial charge < -0.3 is 19.2 Å². The summed E-state index contributed by atoms with van der Waals surface area (Å²) in [5, 5.41) is 8.59. The highest BCUT2D eigenvalue weighted by molar-refractivity contribution is 7.90. The van der Waals surface area contributed by atoms with E-state index in [-0.39, 0.29) is 5.91 Å². The predicted octanol–water partition coefficient (Wildman–Crippen LogP) is 4.56. The Hall–Kier alpha value is -2.73. The molecule has 4 rings (SSSR count). The summed E-state index contributed by atoms with van der Waals surface area (Å²) >= 11 is -1.10. The molecule has 0 aliphatic heterocycles. The van der Waals surface area contributed by atoms with Crippen molar-refractivity contribution in [1.82, 2.24) is 29.6 Å². The Labute approximate surface area is 221 Å². The molecule has 0 radical (unpaired) electrons. The van der Waals surface area contributed by atoms with E-state index in [1.54, 1.807) is 23.3 Å². The van der Waals surface area contributed by atoms with Crippen LogP contribution in [0.15, 0.2) is 35.5 Å². The number of hydrogen-bond acceptors (Lipinski definition) is 6. The fourth-order valence-electron chi connectivity index (χ4n) is 3.98. The number of benzene rings is 1. The number of ether oxygens (including phenoxy) is 1. The lowest BCUT2D eigenvalue weighted by Gasteiger charge is -2.20. The molecule has 11 heteroatoms. The zero-order valence-electron chi connectivity index (χ0n) is 22.9. The second-order valence-electron chi connectivity index (χ2n) is 11.6. The highest BCUT2D eigenvalue weighted by atomic mass is 32.2. The summed E-state index contributed by atoms with van der Waals surface area (Å²) in [4.78, 5) is 23.5. The van der Waals surface area contributed by atoms with Crippen LogP contribution in [0.25, 0.3) is 33.5 Å². The molecule has 1 unspecified atom stereocenters. The zero-order valence-corrected chi connectivity index (χ0v) is 24.7. The number of amides is 1. The third-order valence-electron chi connectivity index (χ3n) is 5.92. The molecule has 1 N–H and O–H groups in total. The van der Waals surface area contributed by atoms with Crippen molar-refractivity contribution < 1.29 is 14.1 Å². The maximum Gasteiger partial charge on any atom is 0.255 e. The molecule has 0 aliphatic carbocycles. The van der Waals surface area contributed by atoms with Crippen molar-refractivity contribution in [3.63, 3.8) is 0 Å². The van der Waals surface area contributed by atoms with E-state index in [9.17, 15) is 9.35 Å². The van der Waals surface area contributed by atoms with Gasteiger partial charge in [0.05, 0.1) is 17.3 Å². The molecule has 0 saturated heterocycles. The van der Waals surface area contributed by atoms with E-state index in [1.165, 1.54) is 0 Å². The Kier molecular flexibility index (Phi) is 7.53. The van der Waals surface area contributed by atoms with E-state index in [0.717, 1.165) is 21.8 Å². The monoisotopic (exact) mass is 540 g/mol. The summed E-state index contributed by atoms with van der Waals surface area (Å²) in [5.74, 6) is -0.217. The van der Waals surface area contributed by atoms with Crippen molar-refractivity contribution in [3.8, 4) is 11.4 Å². The minimum Gasteiger partial charge on any atom is -0.612 e. The molecule has 9 nitrogen and oxygen atoms in total. The normalized spacial score (nSPS) is 13.4. The smallest absolute Gasteiger partial charge is 0.255 e. The van der Waals surface area contributed by atoms with Gasteiger partial charge in [-0.15, -0.1) is 0 Å². The van der Waals surface area contributed by atoms with E-state index in [0.29, 0.717) is 41.5 Å². The van der Waals surface area contributed by atoms with E-state index < -0.39 is 24.8 Å². The molecule has 3 aromatic heterocycles. The van der Waals surface area contributed by atoms with Gasteiger partial charge in [0.2, 0.25) is 0 Å². The topological polar surface area (TPSA) is 110 Å². The van der Waals surface area contributed by atoms with Crippen LogP contribution < -0.4 is 5.32 Å². The Morgan fingerprint density at radius 3 is 2.62 bits per heavy atom. The van der Waals surface area contributed by atoms with Gasteiger partial charge in [0.15, 0.2) is 10.5 Å². The first-order valence-electron chi connectivity index (χ1n) is 12.3. The highest BCUT2D eigenvalue weighted by Gasteiger charge is 2.24. The van der Waals surface area contributed by atoms with Gasteiger partial charge in [-0.1, -0.05) is 19.6 Å². The molecule has 4 aromatic rings. The van der Waals surface area contributed by atoms with Gasteiger partial charge >= 0.3 is 0 Å². The molecular formula is C26H36N6O3SSi. The quantitative estimate of drug-likeness (QED) is 0.199. The predicted molar refractivity (Wildman–Crippen MR) is 151 cm³/mol. The van der Waals surface area contributed by atoms with Crippen LogP contribution >= 0.6 is 0 Å². The number of aromatic nitrogens is 5. The highest BCUT2D eigenvalue weighted by Crippen LogP contribution is 2.30.